The van der Waals surface area contributed by atoms with E-state index in [1.807, 2.05) is 12.1 Å². The number of furan rings is 1. The van der Waals surface area contributed by atoms with Crippen LogP contribution >= 0.6 is 24.0 Å². The second-order valence-corrected chi connectivity index (χ2v) is 8.79. The molecule has 32 heavy (non-hydrogen) atoms. The maximum absolute atomic E-state index is 5.54. The molecule has 2 fully saturated rings. The molecule has 2 unspecified atom stereocenters. The first-order valence-corrected chi connectivity index (χ1v) is 11.7. The molecular weight excluding hydrogens is 515 g/mol. The normalized spacial score (nSPS) is 21.2. The molecule has 176 valence electrons. The Morgan fingerprint density at radius 2 is 1.94 bits per heavy atom. The average Bonchev–Trinajstić information content (AvgIpc) is 3.50. The molecule has 0 aliphatic carbocycles. The van der Waals surface area contributed by atoms with Crippen LogP contribution in [0.1, 0.15) is 43.6 Å². The highest BCUT2D eigenvalue weighted by Gasteiger charge is 2.24. The number of nitrogens with zero attached hydrogens (tertiary/aromatic N) is 2. The smallest absolute Gasteiger partial charge is 0.191 e. The zero-order chi connectivity index (χ0) is 21.3. The second kappa shape index (κ2) is 13.2. The van der Waals surface area contributed by atoms with Gasteiger partial charge in [0.05, 0.1) is 18.9 Å². The van der Waals surface area contributed by atoms with Gasteiger partial charge in [0, 0.05) is 45.2 Å². The number of benzene rings is 1. The first-order chi connectivity index (χ1) is 15.3. The van der Waals surface area contributed by atoms with E-state index in [1.54, 1.807) is 6.26 Å². The highest BCUT2D eigenvalue weighted by Crippen LogP contribution is 2.18. The standard InChI is InChI=1S/C25H36N4O2.HI/c1-20(22-6-3-2-4-7-22)27-25(26-13-9-24-8-5-16-31-24)28-23-10-14-29(15-11-23)18-21-12-17-30-19-21;/h2-8,16,20-21,23H,9-15,17-19H2,1H3,(H2,26,27,28);1H. The predicted octanol–water partition coefficient (Wildman–Crippen LogP) is 4.24. The van der Waals surface area contributed by atoms with Gasteiger partial charge in [-0.2, -0.15) is 0 Å². The van der Waals surface area contributed by atoms with Gasteiger partial charge in [-0.3, -0.25) is 4.99 Å². The minimum Gasteiger partial charge on any atom is -0.469 e. The van der Waals surface area contributed by atoms with Crippen LogP contribution in [0.3, 0.4) is 0 Å². The van der Waals surface area contributed by atoms with Gasteiger partial charge in [-0.05, 0) is 49.8 Å². The summed E-state index contributed by atoms with van der Waals surface area (Å²) >= 11 is 0. The van der Waals surface area contributed by atoms with Crippen LogP contribution in [0, 0.1) is 5.92 Å². The molecule has 1 aromatic heterocycles. The first-order valence-electron chi connectivity index (χ1n) is 11.7. The van der Waals surface area contributed by atoms with Crippen molar-refractivity contribution in [3.8, 4) is 0 Å². The quantitative estimate of drug-likeness (QED) is 0.292. The van der Waals surface area contributed by atoms with Gasteiger partial charge in [0.1, 0.15) is 5.76 Å². The van der Waals surface area contributed by atoms with Crippen molar-refractivity contribution in [3.05, 3.63) is 60.1 Å². The number of nitrogens with one attached hydrogen (secondary N) is 2. The Bertz CT molecular complexity index is 786. The summed E-state index contributed by atoms with van der Waals surface area (Å²) in [7, 11) is 0. The number of rotatable bonds is 8. The van der Waals surface area contributed by atoms with Gasteiger partial charge >= 0.3 is 0 Å². The number of halogens is 1. The number of likely N-dealkylation sites (tertiary alicyclic amines) is 1. The summed E-state index contributed by atoms with van der Waals surface area (Å²) in [5.41, 5.74) is 1.26. The van der Waals surface area contributed by atoms with E-state index >= 15 is 0 Å². The fraction of sp³-hybridized carbons (Fsp3) is 0.560. The van der Waals surface area contributed by atoms with Gasteiger partial charge in [0.2, 0.25) is 0 Å². The molecule has 2 aromatic rings. The van der Waals surface area contributed by atoms with Crippen molar-refractivity contribution in [1.82, 2.24) is 15.5 Å². The van der Waals surface area contributed by atoms with E-state index in [1.165, 1.54) is 18.5 Å². The lowest BCUT2D eigenvalue weighted by Gasteiger charge is -2.34. The Kier molecular flexibility index (Phi) is 10.3. The van der Waals surface area contributed by atoms with Crippen LogP contribution in [-0.4, -0.2) is 56.3 Å². The summed E-state index contributed by atoms with van der Waals surface area (Å²) in [5, 5.41) is 7.32. The molecule has 0 amide bonds. The fourth-order valence-electron chi connectivity index (χ4n) is 4.44. The van der Waals surface area contributed by atoms with Gasteiger partial charge < -0.3 is 24.7 Å². The number of piperidine rings is 1. The van der Waals surface area contributed by atoms with E-state index in [4.69, 9.17) is 14.1 Å². The van der Waals surface area contributed by atoms with E-state index in [-0.39, 0.29) is 30.0 Å². The average molecular weight is 553 g/mol. The van der Waals surface area contributed by atoms with Gasteiger partial charge in [0.15, 0.2) is 5.96 Å². The molecule has 2 aliphatic rings. The minimum absolute atomic E-state index is 0. The van der Waals surface area contributed by atoms with Gasteiger partial charge in [-0.25, -0.2) is 0 Å². The summed E-state index contributed by atoms with van der Waals surface area (Å²) < 4.78 is 11.0. The van der Waals surface area contributed by atoms with E-state index in [9.17, 15) is 0 Å². The van der Waals surface area contributed by atoms with E-state index in [0.29, 0.717) is 12.6 Å². The summed E-state index contributed by atoms with van der Waals surface area (Å²) in [4.78, 5) is 7.47. The van der Waals surface area contributed by atoms with Gasteiger partial charge in [-0.15, -0.1) is 24.0 Å². The molecule has 2 N–H and O–H groups in total. The third kappa shape index (κ3) is 7.78. The molecule has 0 bridgehead atoms. The number of hydrogen-bond donors (Lipinski definition) is 2. The van der Waals surface area contributed by atoms with Crippen molar-refractivity contribution in [1.29, 1.82) is 0 Å². The van der Waals surface area contributed by atoms with Crippen LogP contribution in [-0.2, 0) is 11.2 Å². The van der Waals surface area contributed by atoms with Crippen LogP contribution in [0.15, 0.2) is 58.1 Å². The number of aliphatic imine (C=N–C) groups is 1. The zero-order valence-corrected chi connectivity index (χ0v) is 21.4. The highest BCUT2D eigenvalue weighted by molar-refractivity contribution is 14.0. The lowest BCUT2D eigenvalue weighted by atomic mass is 10.0. The minimum atomic E-state index is 0. The predicted molar refractivity (Wildman–Crippen MR) is 140 cm³/mol. The first kappa shape index (κ1) is 25.1. The largest absolute Gasteiger partial charge is 0.469 e. The SMILES string of the molecule is CC(NC(=NCCc1ccco1)NC1CCN(CC2CCOC2)CC1)c1ccccc1.I. The zero-order valence-electron chi connectivity index (χ0n) is 19.0. The molecule has 2 aliphatic heterocycles. The summed E-state index contributed by atoms with van der Waals surface area (Å²) in [5.74, 6) is 2.59. The van der Waals surface area contributed by atoms with Crippen molar-refractivity contribution < 1.29 is 9.15 Å². The van der Waals surface area contributed by atoms with Crippen molar-refractivity contribution in [2.24, 2.45) is 10.9 Å². The van der Waals surface area contributed by atoms with Crippen LogP contribution in [0.5, 0.6) is 0 Å². The molecule has 3 heterocycles. The lowest BCUT2D eigenvalue weighted by molar-refractivity contribution is 0.150. The lowest BCUT2D eigenvalue weighted by Crippen LogP contribution is -2.49. The second-order valence-electron chi connectivity index (χ2n) is 8.79. The maximum Gasteiger partial charge on any atom is 0.191 e. The Labute approximate surface area is 209 Å². The van der Waals surface area contributed by atoms with Crippen LogP contribution in [0.25, 0.3) is 0 Å². The number of guanidine groups is 1. The monoisotopic (exact) mass is 552 g/mol. The molecule has 2 saturated heterocycles. The summed E-state index contributed by atoms with van der Waals surface area (Å²) in [6.45, 7) is 8.22. The summed E-state index contributed by atoms with van der Waals surface area (Å²) in [6.07, 6.45) is 6.03. The van der Waals surface area contributed by atoms with Crippen molar-refractivity contribution in [3.63, 3.8) is 0 Å². The van der Waals surface area contributed by atoms with E-state index in [0.717, 1.165) is 63.2 Å². The van der Waals surface area contributed by atoms with Crippen molar-refractivity contribution in [2.75, 3.05) is 39.4 Å². The van der Waals surface area contributed by atoms with Gasteiger partial charge in [0.25, 0.3) is 0 Å². The molecule has 0 spiro atoms. The molecule has 2 atom stereocenters. The Morgan fingerprint density at radius 1 is 1.12 bits per heavy atom. The fourth-order valence-corrected chi connectivity index (χ4v) is 4.44. The maximum atomic E-state index is 5.54. The molecule has 4 rings (SSSR count). The topological polar surface area (TPSA) is 62.0 Å². The van der Waals surface area contributed by atoms with Crippen LogP contribution in [0.4, 0.5) is 0 Å². The van der Waals surface area contributed by atoms with Gasteiger partial charge in [-0.1, -0.05) is 30.3 Å². The molecule has 0 radical (unpaired) electrons. The molecular formula is C25H37IN4O2. The third-order valence-corrected chi connectivity index (χ3v) is 6.33. The molecule has 0 saturated carbocycles. The van der Waals surface area contributed by atoms with Crippen molar-refractivity contribution in [2.45, 2.75) is 44.7 Å². The summed E-state index contributed by atoms with van der Waals surface area (Å²) in [6, 6.07) is 15.1. The Hall–Kier alpha value is -1.58. The highest BCUT2D eigenvalue weighted by atomic mass is 127. The van der Waals surface area contributed by atoms with E-state index in [2.05, 4.69) is 52.8 Å². The Morgan fingerprint density at radius 3 is 2.62 bits per heavy atom. The van der Waals surface area contributed by atoms with E-state index < -0.39 is 0 Å². The Balaban J connectivity index is 0.00000289. The van der Waals surface area contributed by atoms with Crippen molar-refractivity contribution >= 4 is 29.9 Å². The third-order valence-electron chi connectivity index (χ3n) is 6.33. The van der Waals surface area contributed by atoms with Crippen LogP contribution < -0.4 is 10.6 Å². The number of ether oxygens (including phenoxy) is 1. The van der Waals surface area contributed by atoms with Crippen LogP contribution in [0.2, 0.25) is 0 Å². The molecule has 7 heteroatoms. The molecule has 6 nitrogen and oxygen atoms in total. The number of hydrogen-bond acceptors (Lipinski definition) is 4. The molecule has 1 aromatic carbocycles.